The SMILES string of the molecule is CC(C)(C)NS(=O)(=O)c1ccc(C(=O)N2CCCCC2C(=O)O)cc1. The van der Waals surface area contributed by atoms with Crippen LogP contribution in [0.25, 0.3) is 0 Å². The molecule has 1 aliphatic heterocycles. The molecule has 0 saturated carbocycles. The molecule has 138 valence electrons. The Bertz CT molecular complexity index is 750. The monoisotopic (exact) mass is 368 g/mol. The largest absolute Gasteiger partial charge is 0.480 e. The van der Waals surface area contributed by atoms with E-state index in [0.717, 1.165) is 12.8 Å². The number of nitrogens with zero attached hydrogens (tertiary/aromatic N) is 1. The predicted molar refractivity (Wildman–Crippen MR) is 92.8 cm³/mol. The number of benzene rings is 1. The Morgan fingerprint density at radius 2 is 1.76 bits per heavy atom. The first-order valence-corrected chi connectivity index (χ1v) is 9.67. The molecule has 2 N–H and O–H groups in total. The molecule has 1 heterocycles. The van der Waals surface area contributed by atoms with Crippen LogP contribution in [0.4, 0.5) is 0 Å². The highest BCUT2D eigenvalue weighted by atomic mass is 32.2. The summed E-state index contributed by atoms with van der Waals surface area (Å²) >= 11 is 0. The number of carbonyl (C=O) groups is 2. The van der Waals surface area contributed by atoms with Gasteiger partial charge in [-0.1, -0.05) is 0 Å². The fraction of sp³-hybridized carbons (Fsp3) is 0.529. The number of sulfonamides is 1. The minimum Gasteiger partial charge on any atom is -0.480 e. The van der Waals surface area contributed by atoms with E-state index in [4.69, 9.17) is 0 Å². The number of amides is 1. The van der Waals surface area contributed by atoms with Crippen molar-refractivity contribution >= 4 is 21.9 Å². The average molecular weight is 368 g/mol. The van der Waals surface area contributed by atoms with Gasteiger partial charge in [0, 0.05) is 17.6 Å². The van der Waals surface area contributed by atoms with Crippen LogP contribution in [0.5, 0.6) is 0 Å². The molecule has 1 saturated heterocycles. The Morgan fingerprint density at radius 1 is 1.16 bits per heavy atom. The number of nitrogens with one attached hydrogen (secondary N) is 1. The molecule has 0 aliphatic carbocycles. The van der Waals surface area contributed by atoms with Gasteiger partial charge in [-0.3, -0.25) is 4.79 Å². The molecule has 0 aromatic heterocycles. The number of piperidine rings is 1. The molecule has 1 aromatic carbocycles. The Balaban J connectivity index is 2.22. The van der Waals surface area contributed by atoms with E-state index in [0.29, 0.717) is 13.0 Å². The van der Waals surface area contributed by atoms with Crippen LogP contribution in [0, 0.1) is 0 Å². The van der Waals surface area contributed by atoms with Gasteiger partial charge in [-0.15, -0.1) is 0 Å². The highest BCUT2D eigenvalue weighted by Crippen LogP contribution is 2.21. The van der Waals surface area contributed by atoms with Crippen molar-refractivity contribution in [3.8, 4) is 0 Å². The highest BCUT2D eigenvalue weighted by molar-refractivity contribution is 7.89. The highest BCUT2D eigenvalue weighted by Gasteiger charge is 2.32. The summed E-state index contributed by atoms with van der Waals surface area (Å²) in [5, 5.41) is 9.28. The van der Waals surface area contributed by atoms with Gasteiger partial charge in [-0.25, -0.2) is 17.9 Å². The molecular formula is C17H24N2O5S. The van der Waals surface area contributed by atoms with E-state index < -0.39 is 27.6 Å². The van der Waals surface area contributed by atoms with Crippen LogP contribution in [0.2, 0.25) is 0 Å². The number of hydrogen-bond acceptors (Lipinski definition) is 4. The Hall–Kier alpha value is -1.93. The van der Waals surface area contributed by atoms with Crippen molar-refractivity contribution in [1.29, 1.82) is 0 Å². The fourth-order valence-corrected chi connectivity index (χ4v) is 4.25. The van der Waals surface area contributed by atoms with Gasteiger partial charge >= 0.3 is 5.97 Å². The van der Waals surface area contributed by atoms with E-state index >= 15 is 0 Å². The Kier molecular flexibility index (Phi) is 5.53. The van der Waals surface area contributed by atoms with Gasteiger partial charge in [0.2, 0.25) is 10.0 Å². The quantitative estimate of drug-likeness (QED) is 0.844. The lowest BCUT2D eigenvalue weighted by Gasteiger charge is -2.33. The van der Waals surface area contributed by atoms with E-state index in [-0.39, 0.29) is 16.4 Å². The van der Waals surface area contributed by atoms with E-state index in [1.165, 1.54) is 29.2 Å². The number of hydrogen-bond donors (Lipinski definition) is 2. The maximum atomic E-state index is 12.6. The first kappa shape index (κ1) is 19.4. The van der Waals surface area contributed by atoms with Crippen molar-refractivity contribution in [3.05, 3.63) is 29.8 Å². The van der Waals surface area contributed by atoms with Crippen molar-refractivity contribution in [1.82, 2.24) is 9.62 Å². The van der Waals surface area contributed by atoms with E-state index in [1.54, 1.807) is 20.8 Å². The summed E-state index contributed by atoms with van der Waals surface area (Å²) in [5.74, 6) is -1.40. The van der Waals surface area contributed by atoms with E-state index in [9.17, 15) is 23.1 Å². The lowest BCUT2D eigenvalue weighted by molar-refractivity contribution is -0.143. The number of carboxylic acid groups (broad SMARTS) is 1. The van der Waals surface area contributed by atoms with Gasteiger partial charge in [-0.05, 0) is 64.3 Å². The number of likely N-dealkylation sites (tertiary alicyclic amines) is 1. The van der Waals surface area contributed by atoms with Crippen molar-refractivity contribution in [2.24, 2.45) is 0 Å². The number of rotatable bonds is 4. The number of aliphatic carboxylic acids is 1. The average Bonchev–Trinajstić information content (AvgIpc) is 2.52. The molecule has 1 unspecified atom stereocenters. The van der Waals surface area contributed by atoms with Crippen LogP contribution in [0.15, 0.2) is 29.2 Å². The van der Waals surface area contributed by atoms with Crippen LogP contribution < -0.4 is 4.72 Å². The summed E-state index contributed by atoms with van der Waals surface area (Å²) in [5.41, 5.74) is -0.335. The van der Waals surface area contributed by atoms with Crippen LogP contribution in [-0.4, -0.2) is 48.4 Å². The summed E-state index contributed by atoms with van der Waals surface area (Å²) in [4.78, 5) is 25.4. The molecule has 1 aromatic rings. The van der Waals surface area contributed by atoms with Gasteiger partial charge in [0.1, 0.15) is 6.04 Å². The van der Waals surface area contributed by atoms with Gasteiger partial charge in [0.15, 0.2) is 0 Å². The normalized spacial score (nSPS) is 18.8. The van der Waals surface area contributed by atoms with E-state index in [2.05, 4.69) is 4.72 Å². The summed E-state index contributed by atoms with van der Waals surface area (Å²) in [6.07, 6.45) is 1.97. The van der Waals surface area contributed by atoms with Crippen molar-refractivity contribution in [3.63, 3.8) is 0 Å². The lowest BCUT2D eigenvalue weighted by Crippen LogP contribution is -2.48. The molecule has 8 heteroatoms. The third-order valence-corrected chi connectivity index (χ3v) is 5.67. The third kappa shape index (κ3) is 4.79. The zero-order valence-corrected chi connectivity index (χ0v) is 15.5. The molecule has 25 heavy (non-hydrogen) atoms. The van der Waals surface area contributed by atoms with Gasteiger partial charge in [-0.2, -0.15) is 0 Å². The third-order valence-electron chi connectivity index (χ3n) is 3.90. The van der Waals surface area contributed by atoms with Gasteiger partial charge in [0.05, 0.1) is 4.90 Å². The number of carboxylic acids is 1. The zero-order chi connectivity index (χ0) is 18.8. The lowest BCUT2D eigenvalue weighted by atomic mass is 10.0. The Labute approximate surface area is 148 Å². The molecule has 1 fully saturated rings. The predicted octanol–water partition coefficient (Wildman–Crippen LogP) is 1.84. The first-order valence-electron chi connectivity index (χ1n) is 8.19. The maximum Gasteiger partial charge on any atom is 0.326 e. The van der Waals surface area contributed by atoms with Gasteiger partial charge in [0.25, 0.3) is 5.91 Å². The molecule has 0 radical (unpaired) electrons. The van der Waals surface area contributed by atoms with Gasteiger partial charge < -0.3 is 10.0 Å². The second-order valence-electron chi connectivity index (χ2n) is 7.23. The summed E-state index contributed by atoms with van der Waals surface area (Å²) < 4.78 is 27.1. The molecular weight excluding hydrogens is 344 g/mol. The summed E-state index contributed by atoms with van der Waals surface area (Å²) in [7, 11) is -3.68. The van der Waals surface area contributed by atoms with Crippen LogP contribution >= 0.6 is 0 Å². The minimum atomic E-state index is -3.68. The standard InChI is InChI=1S/C17H24N2O5S/c1-17(2,3)18-25(23,24)13-9-7-12(8-10-13)15(20)19-11-5-4-6-14(19)16(21)22/h7-10,14,18H,4-6,11H2,1-3H3,(H,21,22). The topological polar surface area (TPSA) is 104 Å². The molecule has 2 rings (SSSR count). The van der Waals surface area contributed by atoms with E-state index in [1.807, 2.05) is 0 Å². The second kappa shape index (κ2) is 7.13. The zero-order valence-electron chi connectivity index (χ0n) is 14.7. The van der Waals surface area contributed by atoms with Crippen molar-refractivity contribution < 1.29 is 23.1 Å². The van der Waals surface area contributed by atoms with Crippen LogP contribution in [0.3, 0.4) is 0 Å². The maximum absolute atomic E-state index is 12.6. The first-order chi connectivity index (χ1) is 11.5. The van der Waals surface area contributed by atoms with Crippen molar-refractivity contribution in [2.75, 3.05) is 6.54 Å². The molecule has 0 bridgehead atoms. The summed E-state index contributed by atoms with van der Waals surface area (Å²) in [6, 6.07) is 4.74. The summed E-state index contributed by atoms with van der Waals surface area (Å²) in [6.45, 7) is 5.61. The fourth-order valence-electron chi connectivity index (χ4n) is 2.84. The molecule has 7 nitrogen and oxygen atoms in total. The Morgan fingerprint density at radius 3 is 2.28 bits per heavy atom. The van der Waals surface area contributed by atoms with Crippen molar-refractivity contribution in [2.45, 2.75) is 56.5 Å². The molecule has 1 atom stereocenters. The molecule has 1 aliphatic rings. The second-order valence-corrected chi connectivity index (χ2v) is 8.91. The molecule has 1 amide bonds. The van der Waals surface area contributed by atoms with Crippen LogP contribution in [0.1, 0.15) is 50.4 Å². The number of carbonyl (C=O) groups excluding carboxylic acids is 1. The van der Waals surface area contributed by atoms with Crippen LogP contribution in [-0.2, 0) is 14.8 Å². The smallest absolute Gasteiger partial charge is 0.326 e. The molecule has 0 spiro atoms. The minimum absolute atomic E-state index is 0.0624.